The summed E-state index contributed by atoms with van der Waals surface area (Å²) in [5, 5.41) is 0. The number of hydrogen-bond acceptors (Lipinski definition) is 2. The summed E-state index contributed by atoms with van der Waals surface area (Å²) in [6.45, 7) is 4.69. The van der Waals surface area contributed by atoms with Crippen LogP contribution in [0.3, 0.4) is 0 Å². The average molecular weight is 710 g/mol. The Labute approximate surface area is 324 Å². The van der Waals surface area contributed by atoms with Gasteiger partial charge in [0.2, 0.25) is 0 Å². The summed E-state index contributed by atoms with van der Waals surface area (Å²) in [5.41, 5.74) is 18.3. The molecule has 0 saturated carbocycles. The van der Waals surface area contributed by atoms with Gasteiger partial charge in [0, 0.05) is 45.6 Å². The molecule has 10 rings (SSSR count). The second-order valence-corrected chi connectivity index (χ2v) is 15.5. The van der Waals surface area contributed by atoms with Crippen molar-refractivity contribution in [1.29, 1.82) is 0 Å². The Kier molecular flexibility index (Phi) is 8.14. The largest absolute Gasteiger partial charge is 0.460 e. The van der Waals surface area contributed by atoms with E-state index in [1.165, 1.54) is 66.8 Å². The first kappa shape index (κ1) is 33.2. The molecule has 0 fully saturated rings. The maximum Gasteiger partial charge on any atom is 0.139 e. The molecule has 55 heavy (non-hydrogen) atoms. The predicted octanol–water partition coefficient (Wildman–Crippen LogP) is 14.7. The van der Waals surface area contributed by atoms with Gasteiger partial charge in [-0.25, -0.2) is 0 Å². The minimum atomic E-state index is -0.106. The van der Waals surface area contributed by atoms with E-state index in [1.807, 2.05) is 0 Å². The fourth-order valence-electron chi connectivity index (χ4n) is 8.82. The van der Waals surface area contributed by atoms with Gasteiger partial charge in [0.05, 0.1) is 0 Å². The first-order valence-electron chi connectivity index (χ1n) is 19.6. The zero-order chi connectivity index (χ0) is 36.9. The molecule has 3 aliphatic rings. The molecule has 2 nitrogen and oxygen atoms in total. The lowest BCUT2D eigenvalue weighted by Crippen LogP contribution is -2.16. The minimum absolute atomic E-state index is 0.106. The van der Waals surface area contributed by atoms with Gasteiger partial charge in [-0.2, -0.15) is 0 Å². The van der Waals surface area contributed by atoms with Crippen LogP contribution in [0.25, 0.3) is 56.4 Å². The lowest BCUT2D eigenvalue weighted by atomic mass is 9.79. The summed E-state index contributed by atoms with van der Waals surface area (Å²) in [6.07, 6.45) is 15.7. The van der Waals surface area contributed by atoms with Crippen LogP contribution in [0, 0.1) is 0 Å². The zero-order valence-electron chi connectivity index (χ0n) is 31.4. The van der Waals surface area contributed by atoms with E-state index < -0.39 is 0 Å². The Hall–Kier alpha value is -6.38. The normalized spacial score (nSPS) is 14.9. The van der Waals surface area contributed by atoms with Crippen molar-refractivity contribution in [3.63, 3.8) is 0 Å². The number of benzene rings is 6. The van der Waals surface area contributed by atoms with Crippen molar-refractivity contribution in [2.75, 3.05) is 4.90 Å². The van der Waals surface area contributed by atoms with E-state index in [0.717, 1.165) is 54.3 Å². The van der Waals surface area contributed by atoms with Crippen LogP contribution < -0.4 is 4.90 Å². The molecule has 0 spiro atoms. The maximum atomic E-state index is 6.48. The van der Waals surface area contributed by atoms with Crippen LogP contribution in [0.2, 0.25) is 0 Å². The Morgan fingerprint density at radius 1 is 0.509 bits per heavy atom. The molecule has 0 aliphatic heterocycles. The van der Waals surface area contributed by atoms with Crippen LogP contribution in [0.15, 0.2) is 174 Å². The number of rotatable bonds is 7. The van der Waals surface area contributed by atoms with Gasteiger partial charge in [-0.05, 0) is 112 Å². The van der Waals surface area contributed by atoms with Crippen LogP contribution in [0.5, 0.6) is 0 Å². The molecule has 0 radical (unpaired) electrons. The number of fused-ring (bicyclic) bond motifs is 5. The minimum Gasteiger partial charge on any atom is -0.460 e. The molecule has 3 aliphatic carbocycles. The molecular formula is C53H43NO. The molecule has 266 valence electrons. The molecular weight excluding hydrogens is 667 g/mol. The van der Waals surface area contributed by atoms with Gasteiger partial charge in [0.1, 0.15) is 11.5 Å². The van der Waals surface area contributed by atoms with Gasteiger partial charge in [-0.1, -0.05) is 147 Å². The van der Waals surface area contributed by atoms with Crippen molar-refractivity contribution in [1.82, 2.24) is 0 Å². The molecule has 1 aromatic heterocycles. The highest BCUT2D eigenvalue weighted by Crippen LogP contribution is 2.54. The molecule has 0 saturated heterocycles. The number of nitrogens with zero attached hydrogens (tertiary/aromatic N) is 1. The summed E-state index contributed by atoms with van der Waals surface area (Å²) in [7, 11) is 0. The van der Waals surface area contributed by atoms with Crippen molar-refractivity contribution >= 4 is 28.7 Å². The summed E-state index contributed by atoms with van der Waals surface area (Å²) in [6, 6.07) is 53.4. The van der Waals surface area contributed by atoms with E-state index in [9.17, 15) is 0 Å². The average Bonchev–Trinajstić information content (AvgIpc) is 3.75. The second kappa shape index (κ2) is 13.5. The Morgan fingerprint density at radius 2 is 1.04 bits per heavy atom. The molecule has 0 bridgehead atoms. The predicted molar refractivity (Wildman–Crippen MR) is 231 cm³/mol. The van der Waals surface area contributed by atoms with E-state index in [2.05, 4.69) is 195 Å². The highest BCUT2D eigenvalue weighted by Gasteiger charge is 2.41. The Morgan fingerprint density at radius 3 is 1.64 bits per heavy atom. The van der Waals surface area contributed by atoms with Crippen molar-refractivity contribution in [2.45, 2.75) is 44.9 Å². The molecule has 0 N–H and O–H groups in total. The number of anilines is 3. The summed E-state index contributed by atoms with van der Waals surface area (Å²) in [4.78, 5) is 2.35. The third-order valence-electron chi connectivity index (χ3n) is 11.8. The smallest absolute Gasteiger partial charge is 0.139 e. The number of aryl methyl sites for hydroxylation is 1. The lowest BCUT2D eigenvalue weighted by Gasteiger charge is -2.26. The quantitative estimate of drug-likeness (QED) is 0.164. The van der Waals surface area contributed by atoms with Gasteiger partial charge < -0.3 is 9.32 Å². The third-order valence-corrected chi connectivity index (χ3v) is 11.8. The number of allylic oxidation sites excluding steroid dienone is 5. The van der Waals surface area contributed by atoms with Gasteiger partial charge >= 0.3 is 0 Å². The summed E-state index contributed by atoms with van der Waals surface area (Å²) in [5.74, 6) is 2.21. The SMILES string of the molecule is CC1(C)c2cc(-c3ccc(-c4ccc(N(c5ccc(C6=CCCC=C6)cc5)c5ccc(-c6ccccc6)cc5)cc4)cc3)ccc2-c2oc3c(c21)C=CCC3. The van der Waals surface area contributed by atoms with Crippen LogP contribution in [0.1, 0.15) is 61.1 Å². The number of furan rings is 1. The van der Waals surface area contributed by atoms with E-state index in [4.69, 9.17) is 4.42 Å². The van der Waals surface area contributed by atoms with E-state index >= 15 is 0 Å². The van der Waals surface area contributed by atoms with E-state index in [-0.39, 0.29) is 5.41 Å². The Balaban J connectivity index is 0.935. The van der Waals surface area contributed by atoms with Gasteiger partial charge in [-0.15, -0.1) is 0 Å². The maximum absolute atomic E-state index is 6.48. The van der Waals surface area contributed by atoms with Crippen LogP contribution in [-0.2, 0) is 11.8 Å². The monoisotopic (exact) mass is 709 g/mol. The van der Waals surface area contributed by atoms with Crippen molar-refractivity contribution in [2.24, 2.45) is 0 Å². The van der Waals surface area contributed by atoms with Crippen LogP contribution in [0.4, 0.5) is 17.1 Å². The molecule has 1 heterocycles. The molecule has 0 amide bonds. The van der Waals surface area contributed by atoms with Crippen molar-refractivity contribution < 1.29 is 4.42 Å². The molecule has 6 aromatic carbocycles. The highest BCUT2D eigenvalue weighted by atomic mass is 16.3. The molecule has 7 aromatic rings. The standard InChI is InChI=1S/C53H43NO/c1-53(2)49-35-43(27-34-47(49)52-51(53)48-15-9-10-16-50(48)55-52)42-19-17-38(18-20-42)41-25-32-46(33-26-41)54(44-28-21-39(22-29-44)36-11-5-3-6-12-36)45-30-23-40(24-31-45)37-13-7-4-8-14-37/h3,5-7,9,11-15,17-35H,4,8,10,16H2,1-2H3. The topological polar surface area (TPSA) is 16.4 Å². The first-order chi connectivity index (χ1) is 27.0. The Bertz CT molecular complexity index is 2610. The summed E-state index contributed by atoms with van der Waals surface area (Å²) < 4.78 is 6.48. The van der Waals surface area contributed by atoms with E-state index in [1.54, 1.807) is 0 Å². The van der Waals surface area contributed by atoms with E-state index in [0.29, 0.717) is 0 Å². The lowest BCUT2D eigenvalue weighted by molar-refractivity contribution is 0.520. The summed E-state index contributed by atoms with van der Waals surface area (Å²) >= 11 is 0. The fourth-order valence-corrected chi connectivity index (χ4v) is 8.82. The van der Waals surface area contributed by atoms with Crippen LogP contribution >= 0.6 is 0 Å². The highest BCUT2D eigenvalue weighted by molar-refractivity contribution is 5.86. The first-order valence-corrected chi connectivity index (χ1v) is 19.6. The second-order valence-electron chi connectivity index (χ2n) is 15.5. The van der Waals surface area contributed by atoms with Crippen LogP contribution in [-0.4, -0.2) is 0 Å². The fraction of sp³-hybridized carbons (Fsp3) is 0.132. The zero-order valence-corrected chi connectivity index (χ0v) is 31.4. The molecule has 0 atom stereocenters. The van der Waals surface area contributed by atoms with Crippen molar-refractivity contribution in [3.8, 4) is 44.7 Å². The molecule has 0 unspecified atom stereocenters. The van der Waals surface area contributed by atoms with Gasteiger partial charge in [-0.3, -0.25) is 0 Å². The molecule has 2 heteroatoms. The van der Waals surface area contributed by atoms with Gasteiger partial charge in [0.25, 0.3) is 0 Å². The number of hydrogen-bond donors (Lipinski definition) is 0. The third kappa shape index (κ3) is 5.90. The van der Waals surface area contributed by atoms with Crippen molar-refractivity contribution in [3.05, 3.63) is 198 Å². The van der Waals surface area contributed by atoms with Gasteiger partial charge in [0.15, 0.2) is 0 Å².